The van der Waals surface area contributed by atoms with E-state index in [4.69, 9.17) is 11.6 Å². The first kappa shape index (κ1) is 15.1. The van der Waals surface area contributed by atoms with Gasteiger partial charge in [-0.2, -0.15) is 0 Å². The number of nitrogens with one attached hydrogen (secondary N) is 2. The molecule has 1 heterocycles. The van der Waals surface area contributed by atoms with E-state index in [1.165, 1.54) is 0 Å². The maximum Gasteiger partial charge on any atom is 0.233 e. The number of halogens is 2. The summed E-state index contributed by atoms with van der Waals surface area (Å²) in [4.78, 5) is 0. The topological polar surface area (TPSA) is 58.2 Å². The Morgan fingerprint density at radius 2 is 2.26 bits per heavy atom. The molecule has 1 atom stereocenters. The molecule has 1 saturated heterocycles. The summed E-state index contributed by atoms with van der Waals surface area (Å²) in [5.74, 6) is 0.335. The van der Waals surface area contributed by atoms with Crippen LogP contribution in [0.3, 0.4) is 0 Å². The zero-order valence-corrected chi connectivity index (χ0v) is 13.5. The maximum absolute atomic E-state index is 12.1. The Labute approximate surface area is 127 Å². The fraction of sp³-hybridized carbons (Fsp3) is 0.500. The van der Waals surface area contributed by atoms with Crippen molar-refractivity contribution in [1.82, 2.24) is 5.32 Å². The smallest absolute Gasteiger partial charge is 0.233 e. The number of sulfonamides is 1. The van der Waals surface area contributed by atoms with Crippen LogP contribution < -0.4 is 10.0 Å². The number of anilines is 1. The van der Waals surface area contributed by atoms with Gasteiger partial charge in [-0.15, -0.1) is 0 Å². The highest BCUT2D eigenvalue weighted by Gasteiger charge is 2.21. The first-order valence-corrected chi connectivity index (χ1v) is 8.95. The first-order valence-electron chi connectivity index (χ1n) is 6.12. The van der Waals surface area contributed by atoms with Gasteiger partial charge in [0.25, 0.3) is 0 Å². The molecule has 1 fully saturated rings. The predicted molar refractivity (Wildman–Crippen MR) is 82.2 cm³/mol. The first-order chi connectivity index (χ1) is 8.96. The van der Waals surface area contributed by atoms with Crippen LogP contribution in [0.25, 0.3) is 0 Å². The zero-order valence-electron chi connectivity index (χ0n) is 10.3. The summed E-state index contributed by atoms with van der Waals surface area (Å²) in [6.07, 6.45) is 1.99. The molecule has 7 heteroatoms. The number of piperidine rings is 1. The van der Waals surface area contributed by atoms with Crippen LogP contribution >= 0.6 is 27.5 Å². The van der Waals surface area contributed by atoms with Crippen molar-refractivity contribution < 1.29 is 8.42 Å². The molecule has 0 radical (unpaired) electrons. The Balaban J connectivity index is 2.01. The molecule has 1 aromatic rings. The van der Waals surface area contributed by atoms with Crippen LogP contribution in [0, 0.1) is 5.92 Å². The number of rotatable bonds is 4. The van der Waals surface area contributed by atoms with Gasteiger partial charge in [-0.05, 0) is 66.0 Å². The fourth-order valence-corrected chi connectivity index (χ4v) is 4.13. The zero-order chi connectivity index (χ0) is 13.9. The van der Waals surface area contributed by atoms with E-state index in [1.54, 1.807) is 18.2 Å². The second-order valence-electron chi connectivity index (χ2n) is 4.72. The molecule has 19 heavy (non-hydrogen) atoms. The van der Waals surface area contributed by atoms with Crippen LogP contribution in [0.5, 0.6) is 0 Å². The predicted octanol–water partition coefficient (Wildman–Crippen LogP) is 2.84. The standard InChI is InChI=1S/C12H16BrClN2O2S/c13-11-6-10(3-4-12(11)14)16-19(17,18)8-9-2-1-5-15-7-9/h3-4,6,9,15-16H,1-2,5,7-8H2. The van der Waals surface area contributed by atoms with E-state index in [2.05, 4.69) is 26.0 Å². The van der Waals surface area contributed by atoms with Crippen molar-refractivity contribution in [3.05, 3.63) is 27.7 Å². The van der Waals surface area contributed by atoms with Gasteiger partial charge in [-0.1, -0.05) is 11.6 Å². The van der Waals surface area contributed by atoms with Gasteiger partial charge >= 0.3 is 0 Å². The molecule has 1 aliphatic rings. The Hall–Kier alpha value is -0.300. The summed E-state index contributed by atoms with van der Waals surface area (Å²) in [5, 5.41) is 3.78. The minimum absolute atomic E-state index is 0.153. The average Bonchev–Trinajstić information content (AvgIpc) is 2.34. The lowest BCUT2D eigenvalue weighted by molar-refractivity contribution is 0.404. The van der Waals surface area contributed by atoms with Crippen molar-refractivity contribution in [3.63, 3.8) is 0 Å². The Kier molecular flexibility index (Phi) is 5.11. The third-order valence-corrected chi connectivity index (χ3v) is 5.72. The molecule has 0 spiro atoms. The highest BCUT2D eigenvalue weighted by atomic mass is 79.9. The van der Waals surface area contributed by atoms with E-state index in [9.17, 15) is 8.42 Å². The molecular formula is C12H16BrClN2O2S. The van der Waals surface area contributed by atoms with Gasteiger partial charge in [-0.3, -0.25) is 4.72 Å². The van der Waals surface area contributed by atoms with Crippen LogP contribution in [0.15, 0.2) is 22.7 Å². The largest absolute Gasteiger partial charge is 0.316 e. The minimum atomic E-state index is -3.32. The van der Waals surface area contributed by atoms with E-state index in [-0.39, 0.29) is 11.7 Å². The van der Waals surface area contributed by atoms with Gasteiger partial charge < -0.3 is 5.32 Å². The van der Waals surface area contributed by atoms with Crippen LogP contribution in [0.1, 0.15) is 12.8 Å². The number of hydrogen-bond acceptors (Lipinski definition) is 3. The fourth-order valence-electron chi connectivity index (χ4n) is 2.16. The summed E-state index contributed by atoms with van der Waals surface area (Å²) in [7, 11) is -3.32. The monoisotopic (exact) mass is 366 g/mol. The number of benzene rings is 1. The molecule has 2 rings (SSSR count). The molecule has 0 amide bonds. The summed E-state index contributed by atoms with van der Waals surface area (Å²) in [5.41, 5.74) is 0.528. The summed E-state index contributed by atoms with van der Waals surface area (Å²) < 4.78 is 27.4. The molecule has 2 N–H and O–H groups in total. The van der Waals surface area contributed by atoms with E-state index in [0.717, 1.165) is 25.9 Å². The van der Waals surface area contributed by atoms with Crippen LogP contribution in [-0.4, -0.2) is 27.3 Å². The molecule has 0 aliphatic carbocycles. The third-order valence-electron chi connectivity index (χ3n) is 3.05. The molecule has 0 aromatic heterocycles. The van der Waals surface area contributed by atoms with Crippen molar-refractivity contribution in [1.29, 1.82) is 0 Å². The summed E-state index contributed by atoms with van der Waals surface area (Å²) in [6, 6.07) is 4.98. The molecule has 1 unspecified atom stereocenters. The van der Waals surface area contributed by atoms with Gasteiger partial charge in [0.2, 0.25) is 10.0 Å². The Morgan fingerprint density at radius 3 is 2.89 bits per heavy atom. The molecular weight excluding hydrogens is 352 g/mol. The Morgan fingerprint density at radius 1 is 1.47 bits per heavy atom. The average molecular weight is 368 g/mol. The highest BCUT2D eigenvalue weighted by Crippen LogP contribution is 2.26. The normalized spacial score (nSPS) is 20.2. The number of hydrogen-bond donors (Lipinski definition) is 2. The van der Waals surface area contributed by atoms with Crippen LogP contribution in [0.2, 0.25) is 5.02 Å². The summed E-state index contributed by atoms with van der Waals surface area (Å²) in [6.45, 7) is 1.75. The van der Waals surface area contributed by atoms with Crippen molar-refractivity contribution in [3.8, 4) is 0 Å². The lowest BCUT2D eigenvalue weighted by Crippen LogP contribution is -2.35. The van der Waals surface area contributed by atoms with Crippen molar-refractivity contribution >= 4 is 43.2 Å². The molecule has 1 aromatic carbocycles. The lowest BCUT2D eigenvalue weighted by atomic mass is 10.0. The van der Waals surface area contributed by atoms with Gasteiger partial charge in [0.05, 0.1) is 10.8 Å². The highest BCUT2D eigenvalue weighted by molar-refractivity contribution is 9.10. The van der Waals surface area contributed by atoms with Gasteiger partial charge in [0, 0.05) is 10.2 Å². The second kappa shape index (κ2) is 6.43. The third kappa shape index (κ3) is 4.63. The van der Waals surface area contributed by atoms with Crippen LogP contribution in [0.4, 0.5) is 5.69 Å². The van der Waals surface area contributed by atoms with Crippen molar-refractivity contribution in [2.45, 2.75) is 12.8 Å². The van der Waals surface area contributed by atoms with Crippen LogP contribution in [-0.2, 0) is 10.0 Å². The Bertz CT molecular complexity index is 545. The molecule has 4 nitrogen and oxygen atoms in total. The van der Waals surface area contributed by atoms with Gasteiger partial charge in [-0.25, -0.2) is 8.42 Å². The second-order valence-corrected chi connectivity index (χ2v) is 7.75. The SMILES string of the molecule is O=S(=O)(CC1CCCNC1)Nc1ccc(Cl)c(Br)c1. The van der Waals surface area contributed by atoms with E-state index >= 15 is 0 Å². The van der Waals surface area contributed by atoms with Crippen molar-refractivity contribution in [2.75, 3.05) is 23.6 Å². The van der Waals surface area contributed by atoms with Gasteiger partial charge in [0.15, 0.2) is 0 Å². The lowest BCUT2D eigenvalue weighted by Gasteiger charge is -2.22. The summed E-state index contributed by atoms with van der Waals surface area (Å²) >= 11 is 9.15. The molecule has 0 bridgehead atoms. The minimum Gasteiger partial charge on any atom is -0.316 e. The molecule has 1 aliphatic heterocycles. The van der Waals surface area contributed by atoms with E-state index < -0.39 is 10.0 Å². The van der Waals surface area contributed by atoms with E-state index in [0.29, 0.717) is 15.2 Å². The van der Waals surface area contributed by atoms with Gasteiger partial charge in [0.1, 0.15) is 0 Å². The quantitative estimate of drug-likeness (QED) is 0.860. The molecule has 106 valence electrons. The van der Waals surface area contributed by atoms with E-state index in [1.807, 2.05) is 0 Å². The maximum atomic E-state index is 12.1. The van der Waals surface area contributed by atoms with Crippen molar-refractivity contribution in [2.24, 2.45) is 5.92 Å². The molecule has 0 saturated carbocycles.